The minimum absolute atomic E-state index is 0.246. The molecule has 0 bridgehead atoms. The average Bonchev–Trinajstić information content (AvgIpc) is 2.21. The molecule has 0 aromatic carbocycles. The normalized spacial score (nSPS) is 11.4. The lowest BCUT2D eigenvalue weighted by Crippen LogP contribution is -2.17. The van der Waals surface area contributed by atoms with Crippen LogP contribution in [0.2, 0.25) is 0 Å². The lowest BCUT2D eigenvalue weighted by atomic mass is 10.1. The number of isothiocyanates is 1. The van der Waals surface area contributed by atoms with Crippen LogP contribution in [0.3, 0.4) is 0 Å². The fourth-order valence-corrected chi connectivity index (χ4v) is 2.47. The summed E-state index contributed by atoms with van der Waals surface area (Å²) in [5.74, 6) is 0.322. The molecule has 16 heavy (non-hydrogen) atoms. The number of aliphatic imine (C=N–C) groups is 1. The molecule has 0 aromatic rings. The average molecular weight is 263 g/mol. The van der Waals surface area contributed by atoms with E-state index in [1.165, 1.54) is 0 Å². The van der Waals surface area contributed by atoms with Gasteiger partial charge in [-0.1, -0.05) is 19.3 Å². The molecule has 0 N–H and O–H groups in total. The second-order valence-electron chi connectivity index (χ2n) is 4.16. The van der Waals surface area contributed by atoms with E-state index in [-0.39, 0.29) is 5.25 Å². The quantitative estimate of drug-likeness (QED) is 0.365. The monoisotopic (exact) mass is 263 g/mol. The highest BCUT2D eigenvalue weighted by Crippen LogP contribution is 2.08. The van der Waals surface area contributed by atoms with Gasteiger partial charge in [0.25, 0.3) is 0 Å². The maximum absolute atomic E-state index is 11.5. The third kappa shape index (κ3) is 7.97. The number of thiocarbonyl (C=S) groups is 1. The zero-order valence-corrected chi connectivity index (χ0v) is 11.7. The Bertz CT molecular complexity index is 317. The van der Waals surface area contributed by atoms with E-state index < -0.39 is 9.84 Å². The first-order valence-electron chi connectivity index (χ1n) is 5.76. The molecule has 0 aliphatic rings. The van der Waals surface area contributed by atoms with Crippen LogP contribution in [0.1, 0.15) is 46.0 Å². The highest BCUT2D eigenvalue weighted by atomic mass is 32.2. The summed E-state index contributed by atoms with van der Waals surface area (Å²) in [6.45, 7) is 4.21. The summed E-state index contributed by atoms with van der Waals surface area (Å²) in [6.07, 6.45) is 4.92. The Morgan fingerprint density at radius 3 is 2.25 bits per heavy atom. The Labute approximate surface area is 104 Å². The molecular weight excluding hydrogens is 242 g/mol. The fourth-order valence-electron chi connectivity index (χ4n) is 1.31. The first-order valence-corrected chi connectivity index (χ1v) is 7.88. The van der Waals surface area contributed by atoms with Gasteiger partial charge < -0.3 is 0 Å². The van der Waals surface area contributed by atoms with Crippen molar-refractivity contribution >= 4 is 27.2 Å². The third-order valence-electron chi connectivity index (χ3n) is 2.48. The Morgan fingerprint density at radius 2 is 1.69 bits per heavy atom. The Balaban J connectivity index is 3.44. The molecule has 0 heterocycles. The molecule has 3 nitrogen and oxygen atoms in total. The number of hydrogen-bond donors (Lipinski definition) is 0. The number of nitrogens with zero attached hydrogens (tertiary/aromatic N) is 1. The maximum Gasteiger partial charge on any atom is 0.152 e. The van der Waals surface area contributed by atoms with Gasteiger partial charge in [-0.15, -0.1) is 0 Å². The molecular formula is C11H21NO2S2. The molecule has 0 atom stereocenters. The van der Waals surface area contributed by atoms with Gasteiger partial charge in [0, 0.05) is 6.54 Å². The highest BCUT2D eigenvalue weighted by molar-refractivity contribution is 7.91. The van der Waals surface area contributed by atoms with Crippen LogP contribution in [0.4, 0.5) is 0 Å². The molecule has 0 saturated carbocycles. The van der Waals surface area contributed by atoms with Gasteiger partial charge in [-0.25, -0.2) is 13.4 Å². The van der Waals surface area contributed by atoms with Gasteiger partial charge in [-0.05, 0) is 38.9 Å². The predicted molar refractivity (Wildman–Crippen MR) is 71.9 cm³/mol. The van der Waals surface area contributed by atoms with Gasteiger partial charge >= 0.3 is 0 Å². The fraction of sp³-hybridized carbons (Fsp3) is 0.909. The standard InChI is InChI=1S/C11H21NO2S2/c1-11(2)16(13,14)9-7-5-3-4-6-8-12-10-15/h11H,3-9H2,1-2H3. The lowest BCUT2D eigenvalue weighted by molar-refractivity contribution is 0.577. The van der Waals surface area contributed by atoms with Crippen LogP contribution in [-0.4, -0.2) is 31.1 Å². The van der Waals surface area contributed by atoms with E-state index in [0.717, 1.165) is 38.6 Å². The van der Waals surface area contributed by atoms with Gasteiger partial charge in [0.2, 0.25) is 0 Å². The zero-order valence-electron chi connectivity index (χ0n) is 10.1. The van der Waals surface area contributed by atoms with Crippen molar-refractivity contribution in [1.82, 2.24) is 0 Å². The molecule has 0 amide bonds. The molecule has 0 unspecified atom stereocenters. The van der Waals surface area contributed by atoms with E-state index in [9.17, 15) is 8.42 Å². The van der Waals surface area contributed by atoms with Crippen LogP contribution in [0.5, 0.6) is 0 Å². The van der Waals surface area contributed by atoms with Gasteiger partial charge in [0.15, 0.2) is 9.84 Å². The van der Waals surface area contributed by atoms with Gasteiger partial charge in [0.05, 0.1) is 16.2 Å². The molecule has 0 fully saturated rings. The van der Waals surface area contributed by atoms with Crippen molar-refractivity contribution in [2.45, 2.75) is 51.2 Å². The molecule has 94 valence electrons. The first kappa shape index (κ1) is 15.8. The van der Waals surface area contributed by atoms with E-state index in [1.54, 1.807) is 13.8 Å². The van der Waals surface area contributed by atoms with E-state index in [4.69, 9.17) is 0 Å². The van der Waals surface area contributed by atoms with Crippen molar-refractivity contribution in [3.05, 3.63) is 0 Å². The van der Waals surface area contributed by atoms with Crippen LogP contribution in [0.25, 0.3) is 0 Å². The molecule has 0 aliphatic heterocycles. The second-order valence-corrected chi connectivity index (χ2v) is 7.02. The molecule has 0 rings (SSSR count). The summed E-state index contributed by atoms with van der Waals surface area (Å²) in [5, 5.41) is 2.09. The Kier molecular flexibility index (Phi) is 8.71. The maximum atomic E-state index is 11.5. The van der Waals surface area contributed by atoms with Crippen LogP contribution in [-0.2, 0) is 9.84 Å². The lowest BCUT2D eigenvalue weighted by Gasteiger charge is -2.06. The van der Waals surface area contributed by atoms with Crippen LogP contribution < -0.4 is 0 Å². The van der Waals surface area contributed by atoms with Crippen LogP contribution in [0, 0.1) is 0 Å². The largest absolute Gasteiger partial charge is 0.233 e. The molecule has 0 radical (unpaired) electrons. The smallest absolute Gasteiger partial charge is 0.152 e. The van der Waals surface area contributed by atoms with Crippen molar-refractivity contribution in [1.29, 1.82) is 0 Å². The highest BCUT2D eigenvalue weighted by Gasteiger charge is 2.14. The SMILES string of the molecule is CC(C)S(=O)(=O)CCCCCCCN=C=S. The van der Waals surface area contributed by atoms with Gasteiger partial charge in [0.1, 0.15) is 0 Å². The Morgan fingerprint density at radius 1 is 1.12 bits per heavy atom. The third-order valence-corrected chi connectivity index (χ3v) is 4.90. The van der Waals surface area contributed by atoms with Crippen molar-refractivity contribution in [2.24, 2.45) is 4.99 Å². The zero-order chi connectivity index (χ0) is 12.4. The number of hydrogen-bond acceptors (Lipinski definition) is 4. The van der Waals surface area contributed by atoms with Crippen molar-refractivity contribution in [3.63, 3.8) is 0 Å². The van der Waals surface area contributed by atoms with Gasteiger partial charge in [-0.3, -0.25) is 0 Å². The van der Waals surface area contributed by atoms with E-state index in [2.05, 4.69) is 22.4 Å². The topological polar surface area (TPSA) is 46.5 Å². The number of sulfone groups is 1. The molecule has 0 aliphatic carbocycles. The number of unbranched alkanes of at least 4 members (excludes halogenated alkanes) is 4. The number of rotatable bonds is 9. The molecule has 0 saturated heterocycles. The summed E-state index contributed by atoms with van der Waals surface area (Å²) >= 11 is 4.45. The first-order chi connectivity index (χ1) is 7.50. The molecule has 0 spiro atoms. The summed E-state index contributed by atoms with van der Waals surface area (Å²) in [5.41, 5.74) is 0. The van der Waals surface area contributed by atoms with E-state index in [0.29, 0.717) is 5.75 Å². The second kappa shape index (κ2) is 8.85. The Hall–Kier alpha value is -0.250. The summed E-state index contributed by atoms with van der Waals surface area (Å²) in [6, 6.07) is 0. The summed E-state index contributed by atoms with van der Waals surface area (Å²) in [7, 11) is -2.84. The van der Waals surface area contributed by atoms with Gasteiger partial charge in [-0.2, -0.15) is 0 Å². The van der Waals surface area contributed by atoms with Crippen molar-refractivity contribution in [2.75, 3.05) is 12.3 Å². The van der Waals surface area contributed by atoms with E-state index >= 15 is 0 Å². The minimum atomic E-state index is -2.84. The summed E-state index contributed by atoms with van der Waals surface area (Å²) in [4.78, 5) is 3.82. The van der Waals surface area contributed by atoms with E-state index in [1.807, 2.05) is 0 Å². The van der Waals surface area contributed by atoms with Crippen molar-refractivity contribution < 1.29 is 8.42 Å². The van der Waals surface area contributed by atoms with Crippen molar-refractivity contribution in [3.8, 4) is 0 Å². The molecule has 5 heteroatoms. The molecule has 0 aromatic heterocycles. The summed E-state index contributed by atoms with van der Waals surface area (Å²) < 4.78 is 22.9. The minimum Gasteiger partial charge on any atom is -0.233 e. The predicted octanol–water partition coefficient (Wildman–Crippen LogP) is 2.86. The van der Waals surface area contributed by atoms with Crippen LogP contribution in [0.15, 0.2) is 4.99 Å². The van der Waals surface area contributed by atoms with Crippen LogP contribution >= 0.6 is 12.2 Å².